The summed E-state index contributed by atoms with van der Waals surface area (Å²) in [6.07, 6.45) is 7.09. The maximum atomic E-state index is 13.4. The molecule has 2 aliphatic rings. The SMILES string of the molecule is O=C(C[C@H]1C=CCC1)N1CCC[C@@H](c2cc(C(F)F)n3ncnc3n2)C1. The van der Waals surface area contributed by atoms with Crippen molar-refractivity contribution in [1.29, 1.82) is 0 Å². The molecule has 0 unspecified atom stereocenters. The summed E-state index contributed by atoms with van der Waals surface area (Å²) in [5.41, 5.74) is 0.362. The molecule has 26 heavy (non-hydrogen) atoms. The van der Waals surface area contributed by atoms with Crippen LogP contribution < -0.4 is 0 Å². The molecule has 3 heterocycles. The molecule has 0 bridgehead atoms. The number of alkyl halides is 2. The van der Waals surface area contributed by atoms with Gasteiger partial charge in [0.1, 0.15) is 12.0 Å². The maximum absolute atomic E-state index is 13.4. The van der Waals surface area contributed by atoms with Crippen molar-refractivity contribution < 1.29 is 13.6 Å². The van der Waals surface area contributed by atoms with Gasteiger partial charge in [0, 0.05) is 25.4 Å². The highest BCUT2D eigenvalue weighted by Gasteiger charge is 2.28. The fourth-order valence-corrected chi connectivity index (χ4v) is 3.88. The van der Waals surface area contributed by atoms with Gasteiger partial charge in [-0.15, -0.1) is 0 Å². The Morgan fingerprint density at radius 1 is 1.35 bits per heavy atom. The minimum absolute atomic E-state index is 0.0500. The third-order valence-corrected chi connectivity index (χ3v) is 5.26. The predicted octanol–water partition coefficient (Wildman–Crippen LogP) is 3.12. The number of allylic oxidation sites excluding steroid dienone is 2. The van der Waals surface area contributed by atoms with Crippen LogP contribution in [0.15, 0.2) is 24.5 Å². The van der Waals surface area contributed by atoms with Crippen molar-refractivity contribution in [2.75, 3.05) is 13.1 Å². The van der Waals surface area contributed by atoms with Gasteiger partial charge < -0.3 is 4.90 Å². The van der Waals surface area contributed by atoms with Gasteiger partial charge in [-0.2, -0.15) is 14.6 Å². The van der Waals surface area contributed by atoms with E-state index in [9.17, 15) is 13.6 Å². The van der Waals surface area contributed by atoms with Gasteiger partial charge in [-0.1, -0.05) is 12.2 Å². The number of carbonyl (C=O) groups is 1. The molecule has 4 rings (SSSR count). The third kappa shape index (κ3) is 3.32. The van der Waals surface area contributed by atoms with E-state index in [-0.39, 0.29) is 23.3 Å². The van der Waals surface area contributed by atoms with E-state index < -0.39 is 6.43 Å². The van der Waals surface area contributed by atoms with Crippen LogP contribution in [0.4, 0.5) is 8.78 Å². The average Bonchev–Trinajstić information content (AvgIpc) is 3.32. The van der Waals surface area contributed by atoms with Gasteiger partial charge in [0.2, 0.25) is 5.91 Å². The second-order valence-corrected chi connectivity index (χ2v) is 7.03. The molecular formula is C18H21F2N5O. The average molecular weight is 361 g/mol. The Kier molecular flexibility index (Phi) is 4.65. The quantitative estimate of drug-likeness (QED) is 0.785. The molecule has 6 nitrogen and oxygen atoms in total. The summed E-state index contributed by atoms with van der Waals surface area (Å²) in [6.45, 7) is 1.25. The summed E-state index contributed by atoms with van der Waals surface area (Å²) in [7, 11) is 0. The Morgan fingerprint density at radius 3 is 3.00 bits per heavy atom. The fourth-order valence-electron chi connectivity index (χ4n) is 3.88. The minimum Gasteiger partial charge on any atom is -0.342 e. The fraction of sp³-hybridized carbons (Fsp3) is 0.556. The smallest absolute Gasteiger partial charge is 0.280 e. The number of carbonyl (C=O) groups excluding carboxylic acids is 1. The zero-order chi connectivity index (χ0) is 18.1. The molecule has 0 aromatic carbocycles. The molecule has 1 saturated heterocycles. The summed E-state index contributed by atoms with van der Waals surface area (Å²) in [5, 5.41) is 3.82. The second-order valence-electron chi connectivity index (χ2n) is 7.03. The van der Waals surface area contributed by atoms with Crippen molar-refractivity contribution in [3.63, 3.8) is 0 Å². The van der Waals surface area contributed by atoms with Crippen molar-refractivity contribution in [3.8, 4) is 0 Å². The normalized spacial score (nSPS) is 23.3. The largest absolute Gasteiger partial charge is 0.342 e. The van der Waals surface area contributed by atoms with E-state index in [2.05, 4.69) is 27.2 Å². The van der Waals surface area contributed by atoms with Crippen molar-refractivity contribution in [2.24, 2.45) is 5.92 Å². The van der Waals surface area contributed by atoms with Crippen molar-refractivity contribution in [3.05, 3.63) is 35.9 Å². The molecule has 1 aliphatic carbocycles. The Morgan fingerprint density at radius 2 is 2.23 bits per heavy atom. The zero-order valence-electron chi connectivity index (χ0n) is 14.4. The van der Waals surface area contributed by atoms with E-state index in [0.717, 1.165) is 36.7 Å². The number of aromatic nitrogens is 4. The lowest BCUT2D eigenvalue weighted by atomic mass is 9.93. The van der Waals surface area contributed by atoms with E-state index in [4.69, 9.17) is 0 Å². The van der Waals surface area contributed by atoms with Gasteiger partial charge in [-0.05, 0) is 37.7 Å². The number of halogens is 2. The molecule has 0 radical (unpaired) electrons. The molecule has 1 fully saturated rings. The molecule has 0 saturated carbocycles. The Labute approximate surface area is 149 Å². The Bertz CT molecular complexity index is 834. The van der Waals surface area contributed by atoms with Gasteiger partial charge >= 0.3 is 0 Å². The predicted molar refractivity (Wildman–Crippen MR) is 90.8 cm³/mol. The minimum atomic E-state index is -2.66. The highest BCUT2D eigenvalue weighted by atomic mass is 19.3. The first kappa shape index (κ1) is 17.1. The van der Waals surface area contributed by atoms with Crippen molar-refractivity contribution >= 4 is 11.7 Å². The molecule has 1 amide bonds. The van der Waals surface area contributed by atoms with Crippen LogP contribution >= 0.6 is 0 Å². The van der Waals surface area contributed by atoms with Crippen molar-refractivity contribution in [1.82, 2.24) is 24.5 Å². The van der Waals surface area contributed by atoms with E-state index >= 15 is 0 Å². The highest BCUT2D eigenvalue weighted by molar-refractivity contribution is 5.77. The summed E-state index contributed by atoms with van der Waals surface area (Å²) in [5.74, 6) is 0.603. The monoisotopic (exact) mass is 361 g/mol. The molecule has 8 heteroatoms. The van der Waals surface area contributed by atoms with Gasteiger partial charge in [-0.25, -0.2) is 13.8 Å². The van der Waals surface area contributed by atoms with Crippen molar-refractivity contribution in [2.45, 2.75) is 44.4 Å². The standard InChI is InChI=1S/C18H21F2N5O/c19-17(20)15-9-14(23-18-21-11-22-25(15)18)13-6-3-7-24(10-13)16(26)8-12-4-1-2-5-12/h1,4,9,11-13,17H,2-3,5-8,10H2/t12-,13+/m0/s1. The maximum Gasteiger partial charge on any atom is 0.280 e. The molecule has 1 aliphatic heterocycles. The molecule has 0 spiro atoms. The molecule has 2 aromatic heterocycles. The van der Waals surface area contributed by atoms with E-state index in [0.29, 0.717) is 24.6 Å². The topological polar surface area (TPSA) is 63.4 Å². The first-order valence-electron chi connectivity index (χ1n) is 9.05. The van der Waals surface area contributed by atoms with Gasteiger partial charge in [0.25, 0.3) is 12.2 Å². The first-order chi connectivity index (χ1) is 12.6. The summed E-state index contributed by atoms with van der Waals surface area (Å²) in [6, 6.07) is 1.41. The first-order valence-corrected chi connectivity index (χ1v) is 9.05. The molecule has 138 valence electrons. The Balaban J connectivity index is 1.53. The van der Waals surface area contributed by atoms with Crippen LogP contribution in [0, 0.1) is 5.92 Å². The number of likely N-dealkylation sites (tertiary alicyclic amines) is 1. The summed E-state index contributed by atoms with van der Waals surface area (Å²) >= 11 is 0. The molecular weight excluding hydrogens is 340 g/mol. The number of piperidine rings is 1. The van der Waals surface area contributed by atoms with Gasteiger partial charge in [0.15, 0.2) is 0 Å². The van der Waals surface area contributed by atoms with E-state index in [1.807, 2.05) is 4.90 Å². The lowest BCUT2D eigenvalue weighted by molar-refractivity contribution is -0.133. The van der Waals surface area contributed by atoms with E-state index in [1.165, 1.54) is 12.4 Å². The van der Waals surface area contributed by atoms with Gasteiger partial charge in [0.05, 0.1) is 5.69 Å². The van der Waals surface area contributed by atoms with Crippen LogP contribution in [0.1, 0.15) is 55.8 Å². The number of hydrogen-bond acceptors (Lipinski definition) is 4. The lowest BCUT2D eigenvalue weighted by Crippen LogP contribution is -2.40. The zero-order valence-corrected chi connectivity index (χ0v) is 14.4. The lowest BCUT2D eigenvalue weighted by Gasteiger charge is -2.33. The summed E-state index contributed by atoms with van der Waals surface area (Å²) < 4.78 is 27.8. The Hall–Kier alpha value is -2.38. The van der Waals surface area contributed by atoms with Crippen LogP contribution in [0.5, 0.6) is 0 Å². The number of amides is 1. The second kappa shape index (κ2) is 7.09. The number of rotatable bonds is 4. The molecule has 2 aromatic rings. The van der Waals surface area contributed by atoms with E-state index in [1.54, 1.807) is 0 Å². The highest BCUT2D eigenvalue weighted by Crippen LogP contribution is 2.30. The summed E-state index contributed by atoms with van der Waals surface area (Å²) in [4.78, 5) is 22.8. The number of hydrogen-bond donors (Lipinski definition) is 0. The molecule has 0 N–H and O–H groups in total. The van der Waals surface area contributed by atoms with Crippen LogP contribution in [0.2, 0.25) is 0 Å². The van der Waals surface area contributed by atoms with Crippen LogP contribution in [0.25, 0.3) is 5.78 Å². The number of nitrogens with zero attached hydrogens (tertiary/aromatic N) is 5. The molecule has 2 atom stereocenters. The van der Waals surface area contributed by atoms with Gasteiger partial charge in [-0.3, -0.25) is 4.79 Å². The van der Waals surface area contributed by atoms with Crippen LogP contribution in [0.3, 0.4) is 0 Å². The third-order valence-electron chi connectivity index (χ3n) is 5.26. The van der Waals surface area contributed by atoms with Crippen LogP contribution in [-0.4, -0.2) is 43.5 Å². The number of fused-ring (bicyclic) bond motifs is 1. The van der Waals surface area contributed by atoms with Crippen LogP contribution in [-0.2, 0) is 4.79 Å².